The standard InChI is InChI=1S/C11H15Cl2NO.ClH/c1-3-8(14)4-7-5-9(12)11(15-2)10(13)6-7;/h5-6,8H,3-4,14H2,1-2H3;1H. The van der Waals surface area contributed by atoms with E-state index < -0.39 is 0 Å². The van der Waals surface area contributed by atoms with Crippen LogP contribution in [0.1, 0.15) is 18.9 Å². The smallest absolute Gasteiger partial charge is 0.156 e. The summed E-state index contributed by atoms with van der Waals surface area (Å²) in [6.45, 7) is 2.05. The van der Waals surface area contributed by atoms with Crippen molar-refractivity contribution < 1.29 is 4.74 Å². The maximum atomic E-state index is 6.01. The minimum absolute atomic E-state index is 0. The topological polar surface area (TPSA) is 35.2 Å². The van der Waals surface area contributed by atoms with E-state index in [0.29, 0.717) is 15.8 Å². The number of hydrogen-bond acceptors (Lipinski definition) is 2. The molecule has 0 spiro atoms. The summed E-state index contributed by atoms with van der Waals surface area (Å²) in [6.07, 6.45) is 1.71. The Morgan fingerprint density at radius 3 is 2.19 bits per heavy atom. The molecule has 1 unspecified atom stereocenters. The highest BCUT2D eigenvalue weighted by molar-refractivity contribution is 6.37. The van der Waals surface area contributed by atoms with E-state index >= 15 is 0 Å². The van der Waals surface area contributed by atoms with Crippen LogP contribution in [0.4, 0.5) is 0 Å². The van der Waals surface area contributed by atoms with E-state index in [1.54, 1.807) is 7.11 Å². The predicted octanol–water partition coefficient (Wildman–Crippen LogP) is 3.70. The van der Waals surface area contributed by atoms with Crippen molar-refractivity contribution in [3.63, 3.8) is 0 Å². The fourth-order valence-corrected chi connectivity index (χ4v) is 2.06. The molecule has 5 heteroatoms. The molecule has 0 saturated heterocycles. The lowest BCUT2D eigenvalue weighted by Crippen LogP contribution is -2.21. The molecule has 16 heavy (non-hydrogen) atoms. The molecule has 1 atom stereocenters. The quantitative estimate of drug-likeness (QED) is 0.915. The fraction of sp³-hybridized carbons (Fsp3) is 0.455. The molecule has 92 valence electrons. The molecule has 0 radical (unpaired) electrons. The fourth-order valence-electron chi connectivity index (χ4n) is 1.37. The van der Waals surface area contributed by atoms with Gasteiger partial charge in [-0.1, -0.05) is 30.1 Å². The molecular formula is C11H16Cl3NO. The van der Waals surface area contributed by atoms with Gasteiger partial charge in [0.15, 0.2) is 5.75 Å². The normalized spacial score (nSPS) is 11.8. The van der Waals surface area contributed by atoms with Crippen LogP contribution in [0.5, 0.6) is 5.75 Å². The molecule has 0 bridgehead atoms. The summed E-state index contributed by atoms with van der Waals surface area (Å²) in [5, 5.41) is 1.06. The molecule has 1 rings (SSSR count). The van der Waals surface area contributed by atoms with Gasteiger partial charge in [-0.25, -0.2) is 0 Å². The average molecular weight is 285 g/mol. The van der Waals surface area contributed by atoms with E-state index in [4.69, 9.17) is 33.7 Å². The van der Waals surface area contributed by atoms with Crippen molar-refractivity contribution >= 4 is 35.6 Å². The molecule has 2 nitrogen and oxygen atoms in total. The van der Waals surface area contributed by atoms with Crippen LogP contribution in [0.2, 0.25) is 10.0 Å². The maximum absolute atomic E-state index is 6.01. The minimum atomic E-state index is 0. The number of benzene rings is 1. The first-order chi connectivity index (χ1) is 7.08. The van der Waals surface area contributed by atoms with Gasteiger partial charge in [0.25, 0.3) is 0 Å². The lowest BCUT2D eigenvalue weighted by atomic mass is 10.0. The first kappa shape index (κ1) is 15.9. The Balaban J connectivity index is 0.00000225. The van der Waals surface area contributed by atoms with Crippen LogP contribution < -0.4 is 10.5 Å². The van der Waals surface area contributed by atoms with Crippen LogP contribution in [-0.4, -0.2) is 13.2 Å². The largest absolute Gasteiger partial charge is 0.494 e. The number of halogens is 3. The van der Waals surface area contributed by atoms with Gasteiger partial charge in [0.1, 0.15) is 0 Å². The number of ether oxygens (including phenoxy) is 1. The zero-order chi connectivity index (χ0) is 11.4. The molecule has 0 aromatic heterocycles. The van der Waals surface area contributed by atoms with Gasteiger partial charge in [-0.2, -0.15) is 0 Å². The Hall–Kier alpha value is -0.150. The van der Waals surface area contributed by atoms with E-state index in [2.05, 4.69) is 6.92 Å². The van der Waals surface area contributed by atoms with Crippen molar-refractivity contribution in [1.82, 2.24) is 0 Å². The van der Waals surface area contributed by atoms with Gasteiger partial charge in [0, 0.05) is 6.04 Å². The second kappa shape index (κ2) is 7.23. The summed E-state index contributed by atoms with van der Waals surface area (Å²) in [7, 11) is 1.55. The summed E-state index contributed by atoms with van der Waals surface area (Å²) in [5.74, 6) is 0.521. The number of nitrogens with two attached hydrogens (primary N) is 1. The van der Waals surface area contributed by atoms with Gasteiger partial charge < -0.3 is 10.5 Å². The van der Waals surface area contributed by atoms with Crippen molar-refractivity contribution in [3.05, 3.63) is 27.7 Å². The van der Waals surface area contributed by atoms with Crippen molar-refractivity contribution in [3.8, 4) is 5.75 Å². The molecule has 1 aromatic rings. The van der Waals surface area contributed by atoms with Crippen LogP contribution in [0.25, 0.3) is 0 Å². The molecular weight excluding hydrogens is 268 g/mol. The van der Waals surface area contributed by atoms with E-state index in [-0.39, 0.29) is 18.4 Å². The molecule has 2 N–H and O–H groups in total. The summed E-state index contributed by atoms with van der Waals surface area (Å²) >= 11 is 12.0. The first-order valence-electron chi connectivity index (χ1n) is 4.86. The second-order valence-electron chi connectivity index (χ2n) is 3.47. The first-order valence-corrected chi connectivity index (χ1v) is 5.61. The van der Waals surface area contributed by atoms with Gasteiger partial charge in [-0.05, 0) is 30.5 Å². The van der Waals surface area contributed by atoms with Crippen molar-refractivity contribution in [2.24, 2.45) is 5.73 Å². The van der Waals surface area contributed by atoms with E-state index in [1.807, 2.05) is 12.1 Å². The number of rotatable bonds is 4. The van der Waals surface area contributed by atoms with E-state index in [9.17, 15) is 0 Å². The van der Waals surface area contributed by atoms with Crippen molar-refractivity contribution in [2.75, 3.05) is 7.11 Å². The van der Waals surface area contributed by atoms with Crippen LogP contribution in [0.3, 0.4) is 0 Å². The Morgan fingerprint density at radius 1 is 1.31 bits per heavy atom. The zero-order valence-corrected chi connectivity index (χ0v) is 11.6. The third kappa shape index (κ3) is 4.02. The highest BCUT2D eigenvalue weighted by atomic mass is 35.5. The summed E-state index contributed by atoms with van der Waals surface area (Å²) in [4.78, 5) is 0. The summed E-state index contributed by atoms with van der Waals surface area (Å²) in [5.41, 5.74) is 6.90. The molecule has 0 aliphatic carbocycles. The lowest BCUT2D eigenvalue weighted by molar-refractivity contribution is 0.415. The molecule has 0 amide bonds. The summed E-state index contributed by atoms with van der Waals surface area (Å²) in [6, 6.07) is 3.84. The SMILES string of the molecule is CCC(N)Cc1cc(Cl)c(OC)c(Cl)c1.Cl. The van der Waals surface area contributed by atoms with Gasteiger partial charge in [0.05, 0.1) is 17.2 Å². The highest BCUT2D eigenvalue weighted by Gasteiger charge is 2.10. The Morgan fingerprint density at radius 2 is 1.81 bits per heavy atom. The van der Waals surface area contributed by atoms with Crippen LogP contribution in [0.15, 0.2) is 12.1 Å². The molecule has 0 aliphatic heterocycles. The number of methoxy groups -OCH3 is 1. The molecule has 0 saturated carbocycles. The van der Waals surface area contributed by atoms with Crippen molar-refractivity contribution in [1.29, 1.82) is 0 Å². The van der Waals surface area contributed by atoms with Crippen LogP contribution in [0, 0.1) is 0 Å². The lowest BCUT2D eigenvalue weighted by Gasteiger charge is -2.11. The van der Waals surface area contributed by atoms with Crippen LogP contribution >= 0.6 is 35.6 Å². The van der Waals surface area contributed by atoms with Crippen LogP contribution in [-0.2, 0) is 6.42 Å². The molecule has 0 aliphatic rings. The van der Waals surface area contributed by atoms with E-state index in [1.165, 1.54) is 0 Å². The minimum Gasteiger partial charge on any atom is -0.494 e. The Bertz CT molecular complexity index is 321. The monoisotopic (exact) mass is 283 g/mol. The third-order valence-corrected chi connectivity index (χ3v) is 2.85. The van der Waals surface area contributed by atoms with Gasteiger partial charge in [-0.3, -0.25) is 0 Å². The second-order valence-corrected chi connectivity index (χ2v) is 4.28. The third-order valence-electron chi connectivity index (χ3n) is 2.28. The predicted molar refractivity (Wildman–Crippen MR) is 72.2 cm³/mol. The highest BCUT2D eigenvalue weighted by Crippen LogP contribution is 2.34. The molecule has 1 aromatic carbocycles. The van der Waals surface area contributed by atoms with Gasteiger partial charge >= 0.3 is 0 Å². The number of hydrogen-bond donors (Lipinski definition) is 1. The van der Waals surface area contributed by atoms with Gasteiger partial charge in [0.2, 0.25) is 0 Å². The average Bonchev–Trinajstić information content (AvgIpc) is 2.17. The Kier molecular flexibility index (Phi) is 7.16. The summed E-state index contributed by atoms with van der Waals surface area (Å²) < 4.78 is 5.07. The van der Waals surface area contributed by atoms with Crippen molar-refractivity contribution in [2.45, 2.75) is 25.8 Å². The van der Waals surface area contributed by atoms with Gasteiger partial charge in [-0.15, -0.1) is 12.4 Å². The molecule has 0 heterocycles. The van der Waals surface area contributed by atoms with E-state index in [0.717, 1.165) is 18.4 Å². The maximum Gasteiger partial charge on any atom is 0.156 e. The zero-order valence-electron chi connectivity index (χ0n) is 9.30. The Labute approximate surface area is 112 Å². The molecule has 0 fully saturated rings.